The van der Waals surface area contributed by atoms with Gasteiger partial charge in [0.25, 0.3) is 0 Å². The van der Waals surface area contributed by atoms with Gasteiger partial charge >= 0.3 is 0 Å². The summed E-state index contributed by atoms with van der Waals surface area (Å²) in [5, 5.41) is 0. The normalized spacial score (nSPS) is 26.3. The lowest BCUT2D eigenvalue weighted by Gasteiger charge is -2.34. The molecule has 0 aromatic heterocycles. The van der Waals surface area contributed by atoms with E-state index in [1.165, 1.54) is 71.0 Å². The van der Waals surface area contributed by atoms with Gasteiger partial charge in [0.05, 0.1) is 0 Å². The van der Waals surface area contributed by atoms with Gasteiger partial charge in [-0.15, -0.1) is 0 Å². The molecule has 1 aliphatic heterocycles. The SMILES string of the molecule is CCCCCCCCCN1CCC(Br)C(C)C1. The summed E-state index contributed by atoms with van der Waals surface area (Å²) >= 11 is 3.77. The van der Waals surface area contributed by atoms with Gasteiger partial charge in [0.2, 0.25) is 0 Å². The largest absolute Gasteiger partial charge is 0.303 e. The second-order valence-electron chi connectivity index (χ2n) is 5.70. The molecule has 1 nitrogen and oxygen atoms in total. The van der Waals surface area contributed by atoms with Crippen LogP contribution in [-0.4, -0.2) is 29.4 Å². The number of hydrogen-bond acceptors (Lipinski definition) is 1. The van der Waals surface area contributed by atoms with Crippen molar-refractivity contribution in [2.75, 3.05) is 19.6 Å². The number of likely N-dealkylation sites (tertiary alicyclic amines) is 1. The van der Waals surface area contributed by atoms with Crippen LogP contribution in [0.4, 0.5) is 0 Å². The van der Waals surface area contributed by atoms with Crippen LogP contribution in [0.25, 0.3) is 0 Å². The lowest BCUT2D eigenvalue weighted by molar-refractivity contribution is 0.187. The molecule has 0 bridgehead atoms. The van der Waals surface area contributed by atoms with Gasteiger partial charge in [-0.25, -0.2) is 0 Å². The van der Waals surface area contributed by atoms with Crippen molar-refractivity contribution in [3.8, 4) is 0 Å². The summed E-state index contributed by atoms with van der Waals surface area (Å²) in [6.45, 7) is 8.59. The third kappa shape index (κ3) is 6.81. The molecule has 0 spiro atoms. The predicted molar refractivity (Wildman–Crippen MR) is 80.9 cm³/mol. The lowest BCUT2D eigenvalue weighted by Crippen LogP contribution is -2.40. The maximum atomic E-state index is 3.77. The molecule has 1 fully saturated rings. The Balaban J connectivity index is 1.92. The fraction of sp³-hybridized carbons (Fsp3) is 1.00. The highest BCUT2D eigenvalue weighted by molar-refractivity contribution is 9.09. The summed E-state index contributed by atoms with van der Waals surface area (Å²) in [6, 6.07) is 0. The molecule has 0 radical (unpaired) electrons. The van der Waals surface area contributed by atoms with E-state index in [2.05, 4.69) is 34.7 Å². The van der Waals surface area contributed by atoms with Crippen molar-refractivity contribution >= 4 is 15.9 Å². The van der Waals surface area contributed by atoms with Crippen LogP contribution in [0.2, 0.25) is 0 Å². The van der Waals surface area contributed by atoms with Gasteiger partial charge in [0.1, 0.15) is 0 Å². The van der Waals surface area contributed by atoms with Gasteiger partial charge in [0, 0.05) is 11.4 Å². The Morgan fingerprint density at radius 3 is 2.35 bits per heavy atom. The lowest BCUT2D eigenvalue weighted by atomic mass is 9.99. The third-order valence-corrected chi connectivity index (χ3v) is 5.32. The molecule has 1 heterocycles. The topological polar surface area (TPSA) is 3.24 Å². The Kier molecular flexibility index (Phi) is 8.55. The van der Waals surface area contributed by atoms with E-state index in [1.807, 2.05) is 0 Å². The maximum Gasteiger partial charge on any atom is 0.0195 e. The highest BCUT2D eigenvalue weighted by Crippen LogP contribution is 2.23. The van der Waals surface area contributed by atoms with Crippen molar-refractivity contribution in [1.82, 2.24) is 4.90 Å². The van der Waals surface area contributed by atoms with E-state index in [1.54, 1.807) is 0 Å². The third-order valence-electron chi connectivity index (χ3n) is 3.96. The van der Waals surface area contributed by atoms with E-state index in [4.69, 9.17) is 0 Å². The summed E-state index contributed by atoms with van der Waals surface area (Å²) in [5.74, 6) is 0.827. The van der Waals surface area contributed by atoms with Gasteiger partial charge in [-0.05, 0) is 31.8 Å². The van der Waals surface area contributed by atoms with E-state index in [9.17, 15) is 0 Å². The van der Waals surface area contributed by atoms with E-state index in [0.29, 0.717) is 0 Å². The molecule has 2 heteroatoms. The molecular weight excluding hydrogens is 274 g/mol. The molecule has 102 valence electrons. The van der Waals surface area contributed by atoms with Gasteiger partial charge in [-0.3, -0.25) is 0 Å². The zero-order chi connectivity index (χ0) is 12.5. The standard InChI is InChI=1S/C15H30BrN/c1-3-4-5-6-7-8-9-11-17-12-10-15(16)14(2)13-17/h14-15H,3-13H2,1-2H3. The van der Waals surface area contributed by atoms with Crippen molar-refractivity contribution in [2.24, 2.45) is 5.92 Å². The van der Waals surface area contributed by atoms with Crippen LogP contribution >= 0.6 is 15.9 Å². The van der Waals surface area contributed by atoms with Crippen LogP contribution in [0.1, 0.15) is 65.2 Å². The molecule has 0 amide bonds. The second kappa shape index (κ2) is 9.38. The van der Waals surface area contributed by atoms with Crippen LogP contribution in [0.5, 0.6) is 0 Å². The van der Waals surface area contributed by atoms with Gasteiger partial charge in [0.15, 0.2) is 0 Å². The minimum absolute atomic E-state index is 0.757. The summed E-state index contributed by atoms with van der Waals surface area (Å²) in [4.78, 5) is 3.42. The molecule has 0 aliphatic carbocycles. The first kappa shape index (κ1) is 15.5. The van der Waals surface area contributed by atoms with Gasteiger partial charge in [-0.1, -0.05) is 68.3 Å². The molecule has 17 heavy (non-hydrogen) atoms. The summed E-state index contributed by atoms with van der Waals surface area (Å²) < 4.78 is 0. The highest BCUT2D eigenvalue weighted by atomic mass is 79.9. The Morgan fingerprint density at radius 2 is 1.71 bits per heavy atom. The van der Waals surface area contributed by atoms with E-state index in [-0.39, 0.29) is 0 Å². The minimum Gasteiger partial charge on any atom is -0.303 e. The molecule has 0 aromatic rings. The Bertz CT molecular complexity index is 184. The Labute approximate surface area is 116 Å². The first-order chi connectivity index (χ1) is 8.24. The second-order valence-corrected chi connectivity index (χ2v) is 6.88. The average Bonchev–Trinajstić information content (AvgIpc) is 2.32. The Hall–Kier alpha value is 0.440. The zero-order valence-electron chi connectivity index (χ0n) is 11.8. The Morgan fingerprint density at radius 1 is 1.06 bits per heavy atom. The minimum atomic E-state index is 0.757. The van der Waals surface area contributed by atoms with Crippen LogP contribution < -0.4 is 0 Å². The van der Waals surface area contributed by atoms with Gasteiger partial charge < -0.3 is 4.90 Å². The molecule has 0 aromatic carbocycles. The predicted octanol–water partition coefficient (Wildman–Crippen LogP) is 4.84. The molecular formula is C15H30BrN. The highest BCUT2D eigenvalue weighted by Gasteiger charge is 2.23. The van der Waals surface area contributed by atoms with Crippen molar-refractivity contribution in [3.05, 3.63) is 0 Å². The average molecular weight is 304 g/mol. The van der Waals surface area contributed by atoms with E-state index in [0.717, 1.165) is 10.7 Å². The van der Waals surface area contributed by atoms with Crippen molar-refractivity contribution in [1.29, 1.82) is 0 Å². The number of piperidine rings is 1. The monoisotopic (exact) mass is 303 g/mol. The first-order valence-electron chi connectivity index (χ1n) is 7.60. The number of hydrogen-bond donors (Lipinski definition) is 0. The molecule has 1 rings (SSSR count). The summed E-state index contributed by atoms with van der Waals surface area (Å²) in [7, 11) is 0. The smallest absolute Gasteiger partial charge is 0.0195 e. The number of unbranched alkanes of at least 4 members (excludes halogenated alkanes) is 6. The van der Waals surface area contributed by atoms with Crippen molar-refractivity contribution < 1.29 is 0 Å². The molecule has 2 unspecified atom stereocenters. The number of nitrogens with zero attached hydrogens (tertiary/aromatic N) is 1. The van der Waals surface area contributed by atoms with Crippen LogP contribution in [-0.2, 0) is 0 Å². The zero-order valence-corrected chi connectivity index (χ0v) is 13.3. The first-order valence-corrected chi connectivity index (χ1v) is 8.52. The maximum absolute atomic E-state index is 3.77. The van der Waals surface area contributed by atoms with Gasteiger partial charge in [-0.2, -0.15) is 0 Å². The van der Waals surface area contributed by atoms with Crippen LogP contribution in [0.15, 0.2) is 0 Å². The number of halogens is 1. The molecule has 2 atom stereocenters. The molecule has 0 N–H and O–H groups in total. The van der Waals surface area contributed by atoms with Crippen LogP contribution in [0.3, 0.4) is 0 Å². The fourth-order valence-electron chi connectivity index (χ4n) is 2.70. The summed E-state index contributed by atoms with van der Waals surface area (Å²) in [5.41, 5.74) is 0. The number of rotatable bonds is 8. The fourth-order valence-corrected chi connectivity index (χ4v) is 3.07. The summed E-state index contributed by atoms with van der Waals surface area (Å²) in [6.07, 6.45) is 11.3. The quantitative estimate of drug-likeness (QED) is 0.458. The number of alkyl halides is 1. The van der Waals surface area contributed by atoms with E-state index >= 15 is 0 Å². The molecule has 0 saturated carbocycles. The molecule has 1 aliphatic rings. The van der Waals surface area contributed by atoms with Crippen molar-refractivity contribution in [3.63, 3.8) is 0 Å². The van der Waals surface area contributed by atoms with E-state index < -0.39 is 0 Å². The van der Waals surface area contributed by atoms with Crippen molar-refractivity contribution in [2.45, 2.75) is 70.0 Å². The van der Waals surface area contributed by atoms with Crippen LogP contribution in [0, 0.1) is 5.92 Å². The molecule has 1 saturated heterocycles.